The summed E-state index contributed by atoms with van der Waals surface area (Å²) in [6, 6.07) is 4.78. The fourth-order valence-corrected chi connectivity index (χ4v) is 1.15. The molecule has 76 valence electrons. The number of nitriles is 1. The molecule has 2 rings (SSSR count). The maximum atomic E-state index is 12.6. The number of ether oxygens (including phenoxy) is 2. The highest BCUT2D eigenvalue weighted by atomic mass is 19.3. The van der Waals surface area contributed by atoms with Crippen molar-refractivity contribution in [3.8, 4) is 17.6 Å². The average molecular weight is 211 g/mol. The molecule has 0 aromatic heterocycles. The van der Waals surface area contributed by atoms with E-state index < -0.39 is 12.1 Å². The highest BCUT2D eigenvalue weighted by molar-refractivity contribution is 6.07. The minimum Gasteiger partial charge on any atom is -0.395 e. The van der Waals surface area contributed by atoms with Crippen molar-refractivity contribution in [2.45, 2.75) is 6.29 Å². The number of Topliss-reactive ketones (excluding diaryl/α,β-unsaturated/α-hetero) is 1. The van der Waals surface area contributed by atoms with Gasteiger partial charge in [0.05, 0.1) is 0 Å². The van der Waals surface area contributed by atoms with Crippen molar-refractivity contribution < 1.29 is 23.0 Å². The van der Waals surface area contributed by atoms with E-state index in [1.54, 1.807) is 0 Å². The van der Waals surface area contributed by atoms with E-state index >= 15 is 0 Å². The zero-order valence-corrected chi connectivity index (χ0v) is 7.16. The number of carbonyl (C=O) groups excluding carboxylic acids is 1. The lowest BCUT2D eigenvalue weighted by Gasteiger charge is -2.04. The molecule has 1 aliphatic heterocycles. The molecule has 0 saturated carbocycles. The second-order valence-corrected chi connectivity index (χ2v) is 2.77. The lowest BCUT2D eigenvalue weighted by Crippen LogP contribution is -2.25. The fraction of sp³-hybridized carbons (Fsp3) is 0.111. The Morgan fingerprint density at radius 2 is 2.00 bits per heavy atom. The Kier molecular flexibility index (Phi) is 1.83. The first-order valence-corrected chi connectivity index (χ1v) is 3.86. The predicted molar refractivity (Wildman–Crippen MR) is 42.6 cm³/mol. The van der Waals surface area contributed by atoms with Gasteiger partial charge in [-0.1, -0.05) is 0 Å². The van der Waals surface area contributed by atoms with E-state index in [1.165, 1.54) is 12.1 Å². The minimum absolute atomic E-state index is 0.0162. The molecule has 0 unspecified atom stereocenters. The van der Waals surface area contributed by atoms with Gasteiger partial charge in [0.2, 0.25) is 0 Å². The number of fused-ring (bicyclic) bond motifs is 1. The summed E-state index contributed by atoms with van der Waals surface area (Å²) >= 11 is 0. The molecule has 1 aliphatic rings. The van der Waals surface area contributed by atoms with Crippen molar-refractivity contribution >= 4 is 5.78 Å². The molecule has 1 aromatic carbocycles. The Balaban J connectivity index is 2.40. The molecule has 1 aromatic rings. The topological polar surface area (TPSA) is 59.3 Å². The number of rotatable bonds is 1. The first-order chi connectivity index (χ1) is 7.02. The lowest BCUT2D eigenvalue weighted by molar-refractivity contribution is -0.286. The summed E-state index contributed by atoms with van der Waals surface area (Å²) in [5.74, 6) is -1.23. The van der Waals surface area contributed by atoms with Gasteiger partial charge in [-0.25, -0.2) is 0 Å². The van der Waals surface area contributed by atoms with E-state index in [2.05, 4.69) is 9.47 Å². The lowest BCUT2D eigenvalue weighted by atomic mass is 10.1. The number of halogens is 2. The number of nitrogens with zero attached hydrogens (tertiary/aromatic N) is 1. The smallest absolute Gasteiger partial charge is 0.395 e. The molecule has 0 saturated heterocycles. The van der Waals surface area contributed by atoms with Gasteiger partial charge in [0.1, 0.15) is 6.07 Å². The van der Waals surface area contributed by atoms with Crippen molar-refractivity contribution in [1.29, 1.82) is 5.26 Å². The second kappa shape index (κ2) is 2.92. The SMILES string of the molecule is N#CC(=O)c1ccc2c(c1)OC(F)(F)O2. The van der Waals surface area contributed by atoms with Crippen molar-refractivity contribution in [2.24, 2.45) is 0 Å². The van der Waals surface area contributed by atoms with Gasteiger partial charge in [0.15, 0.2) is 11.5 Å². The van der Waals surface area contributed by atoms with E-state index in [1.807, 2.05) is 0 Å². The average Bonchev–Trinajstić information content (AvgIpc) is 2.49. The molecule has 4 nitrogen and oxygen atoms in total. The molecule has 1 heterocycles. The van der Waals surface area contributed by atoms with E-state index in [4.69, 9.17) is 5.26 Å². The number of hydrogen-bond donors (Lipinski definition) is 0. The largest absolute Gasteiger partial charge is 0.586 e. The molecule has 0 bridgehead atoms. The summed E-state index contributed by atoms with van der Waals surface area (Å²) < 4.78 is 33.3. The van der Waals surface area contributed by atoms with Gasteiger partial charge in [-0.15, -0.1) is 8.78 Å². The maximum absolute atomic E-state index is 12.6. The predicted octanol–water partition coefficient (Wildman–Crippen LogP) is 1.71. The first-order valence-electron chi connectivity index (χ1n) is 3.86. The van der Waals surface area contributed by atoms with E-state index in [0.29, 0.717) is 0 Å². The van der Waals surface area contributed by atoms with E-state index in [9.17, 15) is 13.6 Å². The Labute approximate surface area is 82.6 Å². The Hall–Kier alpha value is -2.16. The molecule has 15 heavy (non-hydrogen) atoms. The summed E-state index contributed by atoms with van der Waals surface area (Å²) in [4.78, 5) is 10.9. The van der Waals surface area contributed by atoms with Crippen LogP contribution in [0.1, 0.15) is 10.4 Å². The van der Waals surface area contributed by atoms with Crippen LogP contribution in [-0.2, 0) is 0 Å². The minimum atomic E-state index is -3.71. The summed E-state index contributed by atoms with van der Waals surface area (Å²) in [6.07, 6.45) is -3.71. The van der Waals surface area contributed by atoms with Gasteiger partial charge in [-0.05, 0) is 18.2 Å². The summed E-state index contributed by atoms with van der Waals surface area (Å²) in [5.41, 5.74) is -0.0162. The first kappa shape index (κ1) is 9.40. The van der Waals surface area contributed by atoms with Gasteiger partial charge in [0.25, 0.3) is 5.78 Å². The van der Waals surface area contributed by atoms with Crippen molar-refractivity contribution in [2.75, 3.05) is 0 Å². The number of carbonyl (C=O) groups is 1. The van der Waals surface area contributed by atoms with Crippen LogP contribution >= 0.6 is 0 Å². The molecule has 0 spiro atoms. The zero-order chi connectivity index (χ0) is 11.1. The van der Waals surface area contributed by atoms with Crippen LogP contribution < -0.4 is 9.47 Å². The normalized spacial score (nSPS) is 15.8. The van der Waals surface area contributed by atoms with Crippen LogP contribution in [0.5, 0.6) is 11.5 Å². The third kappa shape index (κ3) is 1.59. The molecule has 6 heteroatoms. The summed E-state index contributed by atoms with van der Waals surface area (Å²) in [6.45, 7) is 0. The van der Waals surface area contributed by atoms with Gasteiger partial charge in [0, 0.05) is 5.56 Å². The standard InChI is InChI=1S/C9H3F2NO3/c10-9(11)14-7-2-1-5(6(13)4-12)3-8(7)15-9/h1-3H. The van der Waals surface area contributed by atoms with Gasteiger partial charge in [-0.3, -0.25) is 4.79 Å². The molecular formula is C9H3F2NO3. The Morgan fingerprint density at radius 3 is 2.67 bits per heavy atom. The van der Waals surface area contributed by atoms with Crippen LogP contribution in [0.15, 0.2) is 18.2 Å². The van der Waals surface area contributed by atoms with Crippen molar-refractivity contribution in [3.63, 3.8) is 0 Å². The van der Waals surface area contributed by atoms with E-state index in [-0.39, 0.29) is 17.1 Å². The van der Waals surface area contributed by atoms with E-state index in [0.717, 1.165) is 12.1 Å². The van der Waals surface area contributed by atoms with Crippen LogP contribution in [0.4, 0.5) is 8.78 Å². The molecule has 0 radical (unpaired) electrons. The highest BCUT2D eigenvalue weighted by Gasteiger charge is 2.43. The van der Waals surface area contributed by atoms with Gasteiger partial charge >= 0.3 is 6.29 Å². The maximum Gasteiger partial charge on any atom is 0.586 e. The van der Waals surface area contributed by atoms with Gasteiger partial charge in [-0.2, -0.15) is 5.26 Å². The number of benzene rings is 1. The number of alkyl halides is 2. The highest BCUT2D eigenvalue weighted by Crippen LogP contribution is 2.41. The fourth-order valence-electron chi connectivity index (χ4n) is 1.15. The summed E-state index contributed by atoms with van der Waals surface area (Å²) in [7, 11) is 0. The number of ketones is 1. The monoisotopic (exact) mass is 211 g/mol. The molecule has 0 fully saturated rings. The third-order valence-corrected chi connectivity index (χ3v) is 1.76. The van der Waals surface area contributed by atoms with Crippen LogP contribution in [-0.4, -0.2) is 12.1 Å². The molecule has 0 aliphatic carbocycles. The second-order valence-electron chi connectivity index (χ2n) is 2.77. The van der Waals surface area contributed by atoms with Crippen LogP contribution in [0.2, 0.25) is 0 Å². The van der Waals surface area contributed by atoms with Crippen molar-refractivity contribution in [1.82, 2.24) is 0 Å². The third-order valence-electron chi connectivity index (χ3n) is 1.76. The Bertz CT molecular complexity index is 479. The summed E-state index contributed by atoms with van der Waals surface area (Å²) in [5, 5.41) is 8.32. The number of hydrogen-bond acceptors (Lipinski definition) is 4. The molecule has 0 N–H and O–H groups in total. The molecular weight excluding hydrogens is 208 g/mol. The zero-order valence-electron chi connectivity index (χ0n) is 7.16. The molecule has 0 atom stereocenters. The van der Waals surface area contributed by atoms with Crippen LogP contribution in [0, 0.1) is 11.3 Å². The van der Waals surface area contributed by atoms with Gasteiger partial charge < -0.3 is 9.47 Å². The quantitative estimate of drug-likeness (QED) is 0.524. The van der Waals surface area contributed by atoms with Crippen LogP contribution in [0.25, 0.3) is 0 Å². The Morgan fingerprint density at radius 1 is 1.33 bits per heavy atom. The van der Waals surface area contributed by atoms with Crippen molar-refractivity contribution in [3.05, 3.63) is 23.8 Å². The van der Waals surface area contributed by atoms with Crippen LogP contribution in [0.3, 0.4) is 0 Å². The molecule has 0 amide bonds.